The highest BCUT2D eigenvalue weighted by molar-refractivity contribution is 6.38. The Morgan fingerprint density at radius 2 is 1.81 bits per heavy atom. The van der Waals surface area contributed by atoms with Crippen LogP contribution in [0.4, 0.5) is 0 Å². The quantitative estimate of drug-likeness (QED) is 0.757. The first-order valence-corrected chi connectivity index (χ1v) is 5.45. The van der Waals surface area contributed by atoms with Gasteiger partial charge in [-0.05, 0) is 35.9 Å². The lowest BCUT2D eigenvalue weighted by Crippen LogP contribution is -2.01. The van der Waals surface area contributed by atoms with Crippen LogP contribution in [0.25, 0.3) is 0 Å². The van der Waals surface area contributed by atoms with Crippen LogP contribution in [-0.4, -0.2) is 5.78 Å². The van der Waals surface area contributed by atoms with Crippen LogP contribution in [0.2, 0.25) is 15.3 Å². The zero-order chi connectivity index (χ0) is 11.7. The molecule has 0 aliphatic rings. The van der Waals surface area contributed by atoms with Gasteiger partial charge in [-0.25, -0.2) is 0 Å². The van der Waals surface area contributed by atoms with Crippen molar-refractivity contribution >= 4 is 40.6 Å². The zero-order valence-corrected chi connectivity index (χ0v) is 10.1. The molecular weight excluding hydrogens is 270 g/mol. The first-order valence-electron chi connectivity index (χ1n) is 4.32. The third-order valence-corrected chi connectivity index (χ3v) is 2.89. The number of carbonyl (C=O) groups excluding carboxylic acids is 1. The van der Waals surface area contributed by atoms with Crippen LogP contribution in [0.5, 0.6) is 0 Å². The van der Waals surface area contributed by atoms with E-state index in [0.29, 0.717) is 15.6 Å². The lowest BCUT2D eigenvalue weighted by atomic mass is 10.1. The Morgan fingerprint density at radius 3 is 2.44 bits per heavy atom. The monoisotopic (exact) mass is 274 g/mol. The Kier molecular flexibility index (Phi) is 3.24. The number of carbonyl (C=O) groups is 1. The standard InChI is InChI=1S/C11H5Cl3O2/c12-6-1-2-9(13)8(5-6)10(15)7-3-4-16-11(7)14/h1-5H. The van der Waals surface area contributed by atoms with E-state index < -0.39 is 0 Å². The Morgan fingerprint density at radius 1 is 1.06 bits per heavy atom. The SMILES string of the molecule is O=C(c1cc(Cl)ccc1Cl)c1ccoc1Cl. The van der Waals surface area contributed by atoms with Crippen molar-refractivity contribution in [3.05, 3.63) is 56.9 Å². The van der Waals surface area contributed by atoms with Gasteiger partial charge in [0.2, 0.25) is 5.22 Å². The summed E-state index contributed by atoms with van der Waals surface area (Å²) < 4.78 is 4.85. The van der Waals surface area contributed by atoms with Crippen LogP contribution in [0, 0.1) is 0 Å². The fourth-order valence-corrected chi connectivity index (χ4v) is 1.85. The molecule has 1 aromatic heterocycles. The molecule has 0 spiro atoms. The molecule has 0 amide bonds. The van der Waals surface area contributed by atoms with E-state index in [1.807, 2.05) is 0 Å². The lowest BCUT2D eigenvalue weighted by molar-refractivity contribution is 0.103. The third-order valence-electron chi connectivity index (χ3n) is 2.04. The fraction of sp³-hybridized carbons (Fsp3) is 0. The summed E-state index contributed by atoms with van der Waals surface area (Å²) in [4.78, 5) is 12.0. The van der Waals surface area contributed by atoms with E-state index in [1.165, 1.54) is 18.4 Å². The molecular formula is C11H5Cl3O2. The van der Waals surface area contributed by atoms with Crippen LogP contribution < -0.4 is 0 Å². The van der Waals surface area contributed by atoms with E-state index >= 15 is 0 Å². The van der Waals surface area contributed by atoms with Crippen LogP contribution in [-0.2, 0) is 0 Å². The molecule has 0 saturated carbocycles. The van der Waals surface area contributed by atoms with Crippen LogP contribution in [0.1, 0.15) is 15.9 Å². The average molecular weight is 276 g/mol. The molecule has 16 heavy (non-hydrogen) atoms. The van der Waals surface area contributed by atoms with E-state index in [-0.39, 0.29) is 16.6 Å². The van der Waals surface area contributed by atoms with Gasteiger partial charge in [0, 0.05) is 10.6 Å². The van der Waals surface area contributed by atoms with Crippen molar-refractivity contribution in [3.63, 3.8) is 0 Å². The number of hydrogen-bond donors (Lipinski definition) is 0. The molecule has 0 N–H and O–H groups in total. The van der Waals surface area contributed by atoms with Crippen molar-refractivity contribution in [3.8, 4) is 0 Å². The van der Waals surface area contributed by atoms with Gasteiger partial charge >= 0.3 is 0 Å². The predicted molar refractivity (Wildman–Crippen MR) is 63.6 cm³/mol. The second kappa shape index (κ2) is 4.50. The van der Waals surface area contributed by atoms with Crippen molar-refractivity contribution in [1.29, 1.82) is 0 Å². The van der Waals surface area contributed by atoms with Crippen molar-refractivity contribution in [2.45, 2.75) is 0 Å². The molecule has 1 aromatic carbocycles. The maximum absolute atomic E-state index is 12.0. The number of benzene rings is 1. The summed E-state index contributed by atoms with van der Waals surface area (Å²) in [6.45, 7) is 0. The van der Waals surface area contributed by atoms with Crippen LogP contribution in [0.15, 0.2) is 34.9 Å². The van der Waals surface area contributed by atoms with E-state index in [1.54, 1.807) is 12.1 Å². The van der Waals surface area contributed by atoms with Gasteiger partial charge < -0.3 is 4.42 Å². The second-order valence-electron chi connectivity index (χ2n) is 3.06. The van der Waals surface area contributed by atoms with Crippen LogP contribution in [0.3, 0.4) is 0 Å². The van der Waals surface area contributed by atoms with E-state index in [4.69, 9.17) is 39.2 Å². The van der Waals surface area contributed by atoms with Gasteiger partial charge in [0.15, 0.2) is 5.78 Å². The van der Waals surface area contributed by atoms with Gasteiger partial charge in [0.05, 0.1) is 16.8 Å². The van der Waals surface area contributed by atoms with Crippen molar-refractivity contribution in [1.82, 2.24) is 0 Å². The minimum Gasteiger partial charge on any atom is -0.452 e. The summed E-state index contributed by atoms with van der Waals surface area (Å²) in [5.74, 6) is -0.314. The topological polar surface area (TPSA) is 30.2 Å². The second-order valence-corrected chi connectivity index (χ2v) is 4.25. The molecule has 0 fully saturated rings. The lowest BCUT2D eigenvalue weighted by Gasteiger charge is -2.02. The molecule has 0 atom stereocenters. The Labute approximate surface area is 107 Å². The van der Waals surface area contributed by atoms with Gasteiger partial charge in [0.1, 0.15) is 0 Å². The molecule has 2 rings (SSSR count). The molecule has 0 aliphatic heterocycles. The maximum Gasteiger partial charge on any atom is 0.204 e. The third kappa shape index (κ3) is 2.09. The summed E-state index contributed by atoms with van der Waals surface area (Å²) in [6.07, 6.45) is 1.34. The normalized spacial score (nSPS) is 10.4. The van der Waals surface area contributed by atoms with Gasteiger partial charge in [-0.3, -0.25) is 4.79 Å². The number of hydrogen-bond acceptors (Lipinski definition) is 2. The smallest absolute Gasteiger partial charge is 0.204 e. The molecule has 5 heteroatoms. The van der Waals surface area contributed by atoms with Crippen molar-refractivity contribution in [2.24, 2.45) is 0 Å². The van der Waals surface area contributed by atoms with E-state index in [2.05, 4.69) is 0 Å². The average Bonchev–Trinajstić information content (AvgIpc) is 2.67. The molecule has 0 saturated heterocycles. The molecule has 2 aromatic rings. The number of ketones is 1. The minimum absolute atomic E-state index is 0.0426. The highest BCUT2D eigenvalue weighted by atomic mass is 35.5. The predicted octanol–water partition coefficient (Wildman–Crippen LogP) is 4.47. The summed E-state index contributed by atoms with van der Waals surface area (Å²) >= 11 is 17.4. The van der Waals surface area contributed by atoms with Gasteiger partial charge in [-0.15, -0.1) is 0 Å². The van der Waals surface area contributed by atoms with Gasteiger partial charge in [-0.1, -0.05) is 23.2 Å². The largest absolute Gasteiger partial charge is 0.452 e. The highest BCUT2D eigenvalue weighted by Crippen LogP contribution is 2.26. The summed E-state index contributed by atoms with van der Waals surface area (Å²) in [6, 6.07) is 6.15. The van der Waals surface area contributed by atoms with Crippen molar-refractivity contribution in [2.75, 3.05) is 0 Å². The molecule has 82 valence electrons. The van der Waals surface area contributed by atoms with E-state index in [9.17, 15) is 4.79 Å². The molecule has 0 radical (unpaired) electrons. The summed E-state index contributed by atoms with van der Waals surface area (Å²) in [5.41, 5.74) is 0.573. The van der Waals surface area contributed by atoms with Crippen LogP contribution >= 0.6 is 34.8 Å². The minimum atomic E-state index is -0.314. The molecule has 0 aliphatic carbocycles. The molecule has 1 heterocycles. The first kappa shape index (κ1) is 11.5. The molecule has 2 nitrogen and oxygen atoms in total. The Balaban J connectivity index is 2.49. The fourth-order valence-electron chi connectivity index (χ4n) is 1.27. The first-order chi connectivity index (χ1) is 7.59. The number of halogens is 3. The molecule has 0 bridgehead atoms. The summed E-state index contributed by atoms with van der Waals surface area (Å²) in [5, 5.41) is 0.806. The van der Waals surface area contributed by atoms with Crippen molar-refractivity contribution < 1.29 is 9.21 Å². The molecule has 0 unspecified atom stereocenters. The van der Waals surface area contributed by atoms with Gasteiger partial charge in [0.25, 0.3) is 0 Å². The Hall–Kier alpha value is -0.960. The number of rotatable bonds is 2. The zero-order valence-electron chi connectivity index (χ0n) is 7.84. The summed E-state index contributed by atoms with van der Waals surface area (Å²) in [7, 11) is 0. The Bertz CT molecular complexity index is 546. The number of furan rings is 1. The highest BCUT2D eigenvalue weighted by Gasteiger charge is 2.18. The van der Waals surface area contributed by atoms with Gasteiger partial charge in [-0.2, -0.15) is 0 Å². The van der Waals surface area contributed by atoms with E-state index in [0.717, 1.165) is 0 Å². The maximum atomic E-state index is 12.0.